The third-order valence-electron chi connectivity index (χ3n) is 3.26. The second-order valence-electron chi connectivity index (χ2n) is 4.74. The lowest BCUT2D eigenvalue weighted by molar-refractivity contribution is -0.505. The lowest BCUT2D eigenvalue weighted by atomic mass is 10.1. The lowest BCUT2D eigenvalue weighted by Gasteiger charge is -2.17. The van der Waals surface area contributed by atoms with Crippen molar-refractivity contribution < 1.29 is 4.68 Å². The van der Waals surface area contributed by atoms with Gasteiger partial charge in [-0.05, 0) is 18.2 Å². The average molecular weight is 342 g/mol. The summed E-state index contributed by atoms with van der Waals surface area (Å²) >= 11 is 14.3. The van der Waals surface area contributed by atoms with Gasteiger partial charge < -0.3 is 0 Å². The molecule has 21 heavy (non-hydrogen) atoms. The fourth-order valence-electron chi connectivity index (χ4n) is 2.15. The van der Waals surface area contributed by atoms with Crippen LogP contribution in [-0.4, -0.2) is 42.7 Å². The van der Waals surface area contributed by atoms with E-state index in [1.807, 2.05) is 31.5 Å². The first-order valence-corrected chi connectivity index (χ1v) is 8.33. The van der Waals surface area contributed by atoms with Crippen LogP contribution in [0.25, 0.3) is 5.03 Å². The van der Waals surface area contributed by atoms with Gasteiger partial charge in [0.15, 0.2) is 0 Å². The molecule has 0 amide bonds. The zero-order valence-electron chi connectivity index (χ0n) is 11.5. The van der Waals surface area contributed by atoms with Gasteiger partial charge in [-0.1, -0.05) is 23.2 Å². The quantitative estimate of drug-likeness (QED) is 0.493. The van der Waals surface area contributed by atoms with E-state index in [-0.39, 0.29) is 0 Å². The van der Waals surface area contributed by atoms with E-state index in [0.29, 0.717) is 5.02 Å². The number of benzene rings is 1. The summed E-state index contributed by atoms with van der Waals surface area (Å²) in [5.41, 5.74) is 1.98. The molecule has 1 saturated heterocycles. The van der Waals surface area contributed by atoms with Crippen molar-refractivity contribution in [2.24, 2.45) is 5.10 Å². The molecule has 2 heterocycles. The van der Waals surface area contributed by atoms with Crippen LogP contribution in [0.2, 0.25) is 5.02 Å². The van der Waals surface area contributed by atoms with E-state index in [9.17, 15) is 0 Å². The molecule has 0 bridgehead atoms. The number of halogens is 2. The van der Waals surface area contributed by atoms with Crippen LogP contribution >= 0.6 is 35.0 Å². The van der Waals surface area contributed by atoms with Gasteiger partial charge in [0.1, 0.15) is 0 Å². The molecule has 2 aliphatic heterocycles. The van der Waals surface area contributed by atoms with E-state index in [1.54, 1.807) is 16.4 Å². The number of hydrogen-bond donors (Lipinski definition) is 2. The number of hydrazone groups is 1. The number of nitrogens with zero attached hydrogens (tertiary/aromatic N) is 2. The Morgan fingerprint density at radius 3 is 2.81 bits per heavy atom. The monoisotopic (exact) mass is 341 g/mol. The highest BCUT2D eigenvalue weighted by Gasteiger charge is 2.19. The van der Waals surface area contributed by atoms with E-state index in [1.165, 1.54) is 0 Å². The summed E-state index contributed by atoms with van der Waals surface area (Å²) in [6.07, 6.45) is 1.81. The highest BCUT2D eigenvalue weighted by atomic mass is 35.5. The summed E-state index contributed by atoms with van der Waals surface area (Å²) < 4.78 is 1.78. The summed E-state index contributed by atoms with van der Waals surface area (Å²) in [4.78, 5) is 1.16. The normalized spacial score (nSPS) is 17.8. The summed E-state index contributed by atoms with van der Waals surface area (Å²) in [6, 6.07) is 5.79. The van der Waals surface area contributed by atoms with Gasteiger partial charge in [0.05, 0.1) is 31.4 Å². The molecule has 1 fully saturated rings. The van der Waals surface area contributed by atoms with Crippen molar-refractivity contribution >= 4 is 52.2 Å². The van der Waals surface area contributed by atoms with Gasteiger partial charge in [-0.3, -0.25) is 10.6 Å². The molecule has 0 spiro atoms. The summed E-state index contributed by atoms with van der Waals surface area (Å²) in [7, 11) is 1.90. The zero-order chi connectivity index (χ0) is 14.8. The SMILES string of the molecule is C[N+](/N=C/C1=C(Cl)c2cc(Cl)ccc2SC1)=C1NCCN1. The first kappa shape index (κ1) is 14.8. The number of nitrogens with one attached hydrogen (secondary N) is 2. The van der Waals surface area contributed by atoms with Crippen LogP contribution in [0.3, 0.4) is 0 Å². The maximum Gasteiger partial charge on any atom is 0.369 e. The number of thioether (sulfide) groups is 1. The molecule has 1 aromatic rings. The molecule has 0 aromatic heterocycles. The van der Waals surface area contributed by atoms with Crippen molar-refractivity contribution in [2.75, 3.05) is 25.9 Å². The Labute approximate surface area is 137 Å². The average Bonchev–Trinajstić information content (AvgIpc) is 3.01. The van der Waals surface area contributed by atoms with Gasteiger partial charge in [0.2, 0.25) is 0 Å². The molecule has 1 aromatic carbocycles. The van der Waals surface area contributed by atoms with Crippen LogP contribution in [0.5, 0.6) is 0 Å². The van der Waals surface area contributed by atoms with Gasteiger partial charge in [-0.15, -0.1) is 21.5 Å². The van der Waals surface area contributed by atoms with E-state index in [0.717, 1.165) is 45.9 Å². The van der Waals surface area contributed by atoms with Crippen LogP contribution < -0.4 is 10.6 Å². The third-order valence-corrected chi connectivity index (χ3v) is 5.07. The molecular weight excluding hydrogens is 327 g/mol. The number of fused-ring (bicyclic) bond motifs is 1. The van der Waals surface area contributed by atoms with Crippen LogP contribution in [0, 0.1) is 0 Å². The largest absolute Gasteiger partial charge is 0.369 e. The fraction of sp³-hybridized carbons (Fsp3) is 0.286. The Balaban J connectivity index is 1.89. The van der Waals surface area contributed by atoms with E-state index in [4.69, 9.17) is 23.2 Å². The van der Waals surface area contributed by atoms with Crippen LogP contribution in [0.15, 0.2) is 33.8 Å². The predicted octanol–water partition coefficient (Wildman–Crippen LogP) is 2.57. The summed E-state index contributed by atoms with van der Waals surface area (Å²) in [6.45, 7) is 1.83. The number of hydrogen-bond acceptors (Lipinski definition) is 2. The van der Waals surface area contributed by atoms with Gasteiger partial charge >= 0.3 is 5.96 Å². The second kappa shape index (κ2) is 6.30. The molecule has 2 aliphatic rings. The van der Waals surface area contributed by atoms with Gasteiger partial charge in [-0.2, -0.15) is 0 Å². The van der Waals surface area contributed by atoms with E-state index in [2.05, 4.69) is 15.7 Å². The zero-order valence-corrected chi connectivity index (χ0v) is 13.8. The van der Waals surface area contributed by atoms with Gasteiger partial charge in [0.25, 0.3) is 0 Å². The molecule has 0 atom stereocenters. The lowest BCUT2D eigenvalue weighted by Crippen LogP contribution is -2.32. The van der Waals surface area contributed by atoms with E-state index < -0.39 is 0 Å². The minimum atomic E-state index is 0.692. The van der Waals surface area contributed by atoms with Crippen molar-refractivity contribution in [3.63, 3.8) is 0 Å². The predicted molar refractivity (Wildman–Crippen MR) is 90.6 cm³/mol. The molecule has 110 valence electrons. The van der Waals surface area contributed by atoms with Gasteiger partial charge in [0, 0.05) is 26.8 Å². The summed E-state index contributed by atoms with van der Waals surface area (Å²) in [5.74, 6) is 1.72. The number of guanidine groups is 1. The molecular formula is C14H15Cl2N4S+. The maximum absolute atomic E-state index is 6.49. The Bertz CT molecular complexity index is 659. The Hall–Kier alpha value is -1.17. The number of rotatable bonds is 2. The first-order chi connectivity index (χ1) is 10.1. The third kappa shape index (κ3) is 3.20. The minimum Gasteiger partial charge on any atom is -0.273 e. The van der Waals surface area contributed by atoms with Crippen LogP contribution in [0.4, 0.5) is 0 Å². The first-order valence-electron chi connectivity index (χ1n) is 6.59. The fourth-order valence-corrected chi connectivity index (χ4v) is 3.74. The van der Waals surface area contributed by atoms with Crippen molar-refractivity contribution in [2.45, 2.75) is 4.90 Å². The molecule has 0 saturated carbocycles. The van der Waals surface area contributed by atoms with Crippen molar-refractivity contribution in [1.29, 1.82) is 0 Å². The second-order valence-corrected chi connectivity index (χ2v) is 6.57. The highest BCUT2D eigenvalue weighted by molar-refractivity contribution is 7.99. The molecule has 7 heteroatoms. The minimum absolute atomic E-state index is 0.692. The Morgan fingerprint density at radius 2 is 2.05 bits per heavy atom. The molecule has 0 unspecified atom stereocenters. The molecule has 4 nitrogen and oxygen atoms in total. The molecule has 0 aliphatic carbocycles. The van der Waals surface area contributed by atoms with Gasteiger partial charge in [-0.25, -0.2) is 0 Å². The standard InChI is InChI=1S/C14H14Cl2N4S/c1-20(14-17-4-5-18-14)19-7-9-8-21-12-3-2-10(15)6-11(12)13(9)16/h2-3,6-7H,4-5,8H2,1H3,(H,17,18)/p+1/b19-7+. The molecule has 2 N–H and O–H groups in total. The van der Waals surface area contributed by atoms with Crippen molar-refractivity contribution in [3.05, 3.63) is 34.4 Å². The molecule has 0 radical (unpaired) electrons. The van der Waals surface area contributed by atoms with Crippen molar-refractivity contribution in [1.82, 2.24) is 10.6 Å². The van der Waals surface area contributed by atoms with Crippen LogP contribution in [0.1, 0.15) is 5.56 Å². The highest BCUT2D eigenvalue weighted by Crippen LogP contribution is 2.39. The Morgan fingerprint density at radius 1 is 1.29 bits per heavy atom. The smallest absolute Gasteiger partial charge is 0.273 e. The summed E-state index contributed by atoms with van der Waals surface area (Å²) in [5, 5.41) is 12.3. The van der Waals surface area contributed by atoms with Crippen LogP contribution in [-0.2, 0) is 0 Å². The topological polar surface area (TPSA) is 39.4 Å². The van der Waals surface area contributed by atoms with Crippen molar-refractivity contribution in [3.8, 4) is 0 Å². The van der Waals surface area contributed by atoms with E-state index >= 15 is 0 Å². The molecule has 3 rings (SSSR count). The maximum atomic E-state index is 6.49. The Kier molecular flexibility index (Phi) is 4.42.